The van der Waals surface area contributed by atoms with Gasteiger partial charge in [0, 0.05) is 36.6 Å². The number of anilines is 1. The largest absolute Gasteiger partial charge is 0.338 e. The average Bonchev–Trinajstić information content (AvgIpc) is 2.97. The molecule has 0 radical (unpaired) electrons. The molecule has 2 N–H and O–H groups in total. The molecule has 0 fully saturated rings. The zero-order valence-electron chi connectivity index (χ0n) is 13.1. The quantitative estimate of drug-likeness (QED) is 0.708. The number of nitrogens with one attached hydrogen (secondary N) is 2. The van der Waals surface area contributed by atoms with Crippen molar-refractivity contribution >= 4 is 22.8 Å². The first-order valence-corrected chi connectivity index (χ1v) is 7.74. The minimum absolute atomic E-state index is 0.177. The van der Waals surface area contributed by atoms with Crippen LogP contribution in [-0.4, -0.2) is 22.1 Å². The molecule has 2 amide bonds. The number of rotatable bonds is 5. The van der Waals surface area contributed by atoms with Crippen molar-refractivity contribution in [2.45, 2.75) is 19.9 Å². The molecule has 3 aromatic rings. The zero-order chi connectivity index (χ0) is 16.1. The summed E-state index contributed by atoms with van der Waals surface area (Å²) >= 11 is 0. The molecule has 2 aromatic heterocycles. The lowest BCUT2D eigenvalue weighted by atomic mass is 10.2. The summed E-state index contributed by atoms with van der Waals surface area (Å²) in [5.74, 6) is 0. The highest BCUT2D eigenvalue weighted by Gasteiger charge is 2.03. The third-order valence-electron chi connectivity index (χ3n) is 3.69. The Labute approximate surface area is 135 Å². The van der Waals surface area contributed by atoms with Crippen molar-refractivity contribution in [2.75, 3.05) is 11.9 Å². The first kappa shape index (κ1) is 15.1. The Hall–Kier alpha value is -2.82. The van der Waals surface area contributed by atoms with E-state index in [0.717, 1.165) is 29.7 Å². The van der Waals surface area contributed by atoms with E-state index >= 15 is 0 Å². The molecule has 0 bridgehead atoms. The molecule has 1 aromatic carbocycles. The molecule has 0 aliphatic heterocycles. The minimum atomic E-state index is -0.177. The third kappa shape index (κ3) is 3.88. The first-order valence-electron chi connectivity index (χ1n) is 7.74. The number of aryl methyl sites for hydroxylation is 2. The van der Waals surface area contributed by atoms with Crippen LogP contribution < -0.4 is 10.6 Å². The number of amides is 2. The lowest BCUT2D eigenvalue weighted by Gasteiger charge is -2.08. The van der Waals surface area contributed by atoms with Gasteiger partial charge in [0.2, 0.25) is 0 Å². The number of hydrogen-bond donors (Lipinski definition) is 2. The molecule has 3 rings (SSSR count). The fourth-order valence-electron chi connectivity index (χ4n) is 2.46. The maximum Gasteiger partial charge on any atom is 0.319 e. The van der Waals surface area contributed by atoms with Gasteiger partial charge in [-0.25, -0.2) is 9.78 Å². The number of carbonyl (C=O) groups excluding carboxylic acids is 1. The monoisotopic (exact) mass is 308 g/mol. The Morgan fingerprint density at radius 3 is 2.83 bits per heavy atom. The van der Waals surface area contributed by atoms with Gasteiger partial charge in [0.1, 0.15) is 5.65 Å². The van der Waals surface area contributed by atoms with Crippen LogP contribution in [0.2, 0.25) is 0 Å². The van der Waals surface area contributed by atoms with E-state index < -0.39 is 0 Å². The van der Waals surface area contributed by atoms with Crippen molar-refractivity contribution in [3.05, 3.63) is 60.4 Å². The Morgan fingerprint density at radius 2 is 2.00 bits per heavy atom. The van der Waals surface area contributed by atoms with Crippen LogP contribution in [0.1, 0.15) is 12.0 Å². The molecule has 23 heavy (non-hydrogen) atoms. The molecule has 0 aliphatic carbocycles. The Bertz CT molecular complexity index is 792. The Balaban J connectivity index is 1.44. The summed E-state index contributed by atoms with van der Waals surface area (Å²) in [6.45, 7) is 3.46. The lowest BCUT2D eigenvalue weighted by molar-refractivity contribution is 0.252. The fourth-order valence-corrected chi connectivity index (χ4v) is 2.46. The van der Waals surface area contributed by atoms with E-state index in [1.807, 2.05) is 49.5 Å². The number of nitrogens with zero attached hydrogens (tertiary/aromatic N) is 2. The highest BCUT2D eigenvalue weighted by Crippen LogP contribution is 2.12. The summed E-state index contributed by atoms with van der Waals surface area (Å²) < 4.78 is 2.11. The minimum Gasteiger partial charge on any atom is -0.338 e. The standard InChI is InChI=1S/C18H20N4O/c1-14-5-7-16(8-6-14)21-18(23)20-11-3-12-22-13-9-15-4-2-10-19-17(15)22/h2,4-10,13H,3,11-12H2,1H3,(H2,20,21,23). The molecule has 5 heteroatoms. The summed E-state index contributed by atoms with van der Waals surface area (Å²) in [6, 6.07) is 13.6. The first-order chi connectivity index (χ1) is 11.2. The van der Waals surface area contributed by atoms with Gasteiger partial charge in [0.25, 0.3) is 0 Å². The van der Waals surface area contributed by atoms with Gasteiger partial charge in [-0.05, 0) is 43.7 Å². The van der Waals surface area contributed by atoms with Crippen molar-refractivity contribution in [2.24, 2.45) is 0 Å². The van der Waals surface area contributed by atoms with Gasteiger partial charge in [-0.15, -0.1) is 0 Å². The van der Waals surface area contributed by atoms with Gasteiger partial charge in [-0.3, -0.25) is 0 Å². The highest BCUT2D eigenvalue weighted by molar-refractivity contribution is 5.89. The molecule has 0 spiro atoms. The summed E-state index contributed by atoms with van der Waals surface area (Å²) in [5.41, 5.74) is 2.95. The normalized spacial score (nSPS) is 10.7. The van der Waals surface area contributed by atoms with Crippen LogP contribution in [0.25, 0.3) is 11.0 Å². The molecule has 118 valence electrons. The average molecular weight is 308 g/mol. The molecule has 0 aliphatic rings. The summed E-state index contributed by atoms with van der Waals surface area (Å²) in [4.78, 5) is 16.2. The van der Waals surface area contributed by atoms with Gasteiger partial charge in [0.05, 0.1) is 0 Å². The number of hydrogen-bond acceptors (Lipinski definition) is 2. The molecular weight excluding hydrogens is 288 g/mol. The smallest absolute Gasteiger partial charge is 0.319 e. The van der Waals surface area contributed by atoms with Crippen molar-refractivity contribution in [3.63, 3.8) is 0 Å². The fraction of sp³-hybridized carbons (Fsp3) is 0.222. The Kier molecular flexibility index (Phi) is 4.57. The summed E-state index contributed by atoms with van der Waals surface area (Å²) in [7, 11) is 0. The SMILES string of the molecule is Cc1ccc(NC(=O)NCCCn2ccc3cccnc32)cc1. The van der Waals surface area contributed by atoms with Crippen LogP contribution >= 0.6 is 0 Å². The van der Waals surface area contributed by atoms with Crippen molar-refractivity contribution < 1.29 is 4.79 Å². The maximum absolute atomic E-state index is 11.8. The van der Waals surface area contributed by atoms with Gasteiger partial charge in [0.15, 0.2) is 0 Å². The molecular formula is C18H20N4O. The predicted molar refractivity (Wildman–Crippen MR) is 92.6 cm³/mol. The summed E-state index contributed by atoms with van der Waals surface area (Å²) in [6.07, 6.45) is 4.68. The van der Waals surface area contributed by atoms with Gasteiger partial charge in [-0.1, -0.05) is 17.7 Å². The van der Waals surface area contributed by atoms with E-state index in [2.05, 4.69) is 26.3 Å². The number of fused-ring (bicyclic) bond motifs is 1. The lowest BCUT2D eigenvalue weighted by Crippen LogP contribution is -2.30. The number of aromatic nitrogens is 2. The van der Waals surface area contributed by atoms with E-state index in [1.165, 1.54) is 5.56 Å². The number of benzene rings is 1. The van der Waals surface area contributed by atoms with Crippen molar-refractivity contribution in [3.8, 4) is 0 Å². The third-order valence-corrected chi connectivity index (χ3v) is 3.69. The number of pyridine rings is 1. The van der Waals surface area contributed by atoms with Crippen molar-refractivity contribution in [1.82, 2.24) is 14.9 Å². The number of urea groups is 1. The topological polar surface area (TPSA) is 59.0 Å². The van der Waals surface area contributed by atoms with E-state index in [0.29, 0.717) is 6.54 Å². The van der Waals surface area contributed by atoms with E-state index in [9.17, 15) is 4.79 Å². The second kappa shape index (κ2) is 6.96. The Morgan fingerprint density at radius 1 is 1.17 bits per heavy atom. The zero-order valence-corrected chi connectivity index (χ0v) is 13.1. The highest BCUT2D eigenvalue weighted by atomic mass is 16.2. The second-order valence-electron chi connectivity index (χ2n) is 5.53. The van der Waals surface area contributed by atoms with Crippen LogP contribution in [0.15, 0.2) is 54.9 Å². The maximum atomic E-state index is 11.8. The van der Waals surface area contributed by atoms with Crippen LogP contribution in [-0.2, 0) is 6.54 Å². The van der Waals surface area contributed by atoms with E-state index in [1.54, 1.807) is 6.20 Å². The molecule has 5 nitrogen and oxygen atoms in total. The van der Waals surface area contributed by atoms with Gasteiger partial charge in [-0.2, -0.15) is 0 Å². The summed E-state index contributed by atoms with van der Waals surface area (Å²) in [5, 5.41) is 6.83. The molecule has 0 saturated heterocycles. The van der Waals surface area contributed by atoms with Crippen LogP contribution in [0.3, 0.4) is 0 Å². The second-order valence-corrected chi connectivity index (χ2v) is 5.53. The van der Waals surface area contributed by atoms with Crippen LogP contribution in [0.4, 0.5) is 10.5 Å². The van der Waals surface area contributed by atoms with E-state index in [-0.39, 0.29) is 6.03 Å². The molecule has 0 atom stereocenters. The number of carbonyl (C=O) groups is 1. The molecule has 2 heterocycles. The van der Waals surface area contributed by atoms with Crippen LogP contribution in [0, 0.1) is 6.92 Å². The van der Waals surface area contributed by atoms with Crippen LogP contribution in [0.5, 0.6) is 0 Å². The molecule has 0 unspecified atom stereocenters. The molecule has 0 saturated carbocycles. The van der Waals surface area contributed by atoms with Gasteiger partial charge >= 0.3 is 6.03 Å². The predicted octanol–water partition coefficient (Wildman–Crippen LogP) is 3.56. The van der Waals surface area contributed by atoms with E-state index in [4.69, 9.17) is 0 Å². The van der Waals surface area contributed by atoms with Gasteiger partial charge < -0.3 is 15.2 Å². The van der Waals surface area contributed by atoms with Crippen molar-refractivity contribution in [1.29, 1.82) is 0 Å².